The standard InChI is InChI=1S/C17H28N2O2/c1-5-15(18)11-14-8-6-7-13(4)17(14)21-10-9-16(20)19-12(2)3/h6-8,12,15H,5,9-11,18H2,1-4H3,(H,19,20). The molecule has 1 aromatic rings. The lowest BCUT2D eigenvalue weighted by molar-refractivity contribution is -0.122. The summed E-state index contributed by atoms with van der Waals surface area (Å²) in [7, 11) is 0. The highest BCUT2D eigenvalue weighted by molar-refractivity contribution is 5.76. The molecule has 0 radical (unpaired) electrons. The zero-order valence-electron chi connectivity index (χ0n) is 13.6. The Morgan fingerprint density at radius 3 is 2.71 bits per heavy atom. The summed E-state index contributed by atoms with van der Waals surface area (Å²) in [6.45, 7) is 8.38. The molecule has 4 heteroatoms. The van der Waals surface area contributed by atoms with Crippen LogP contribution in [0.15, 0.2) is 18.2 Å². The molecular weight excluding hydrogens is 264 g/mol. The first-order valence-electron chi connectivity index (χ1n) is 7.70. The second-order valence-electron chi connectivity index (χ2n) is 5.76. The Labute approximate surface area is 128 Å². The Hall–Kier alpha value is -1.55. The molecular formula is C17H28N2O2. The number of ether oxygens (including phenoxy) is 1. The van der Waals surface area contributed by atoms with Crippen molar-refractivity contribution in [1.82, 2.24) is 5.32 Å². The Balaban J connectivity index is 2.63. The number of nitrogens with one attached hydrogen (secondary N) is 1. The van der Waals surface area contributed by atoms with Crippen molar-refractivity contribution in [2.24, 2.45) is 5.73 Å². The van der Waals surface area contributed by atoms with Gasteiger partial charge in [0.2, 0.25) is 5.91 Å². The normalized spacial score (nSPS) is 12.3. The van der Waals surface area contributed by atoms with Gasteiger partial charge in [-0.3, -0.25) is 4.79 Å². The van der Waals surface area contributed by atoms with E-state index in [9.17, 15) is 4.79 Å². The van der Waals surface area contributed by atoms with Gasteiger partial charge in [0.05, 0.1) is 13.0 Å². The lowest BCUT2D eigenvalue weighted by Gasteiger charge is -2.16. The molecule has 0 aliphatic carbocycles. The first-order chi connectivity index (χ1) is 9.93. The van der Waals surface area contributed by atoms with Crippen molar-refractivity contribution in [3.05, 3.63) is 29.3 Å². The van der Waals surface area contributed by atoms with Gasteiger partial charge in [0.15, 0.2) is 0 Å². The maximum Gasteiger partial charge on any atom is 0.223 e. The third-order valence-corrected chi connectivity index (χ3v) is 3.33. The van der Waals surface area contributed by atoms with Gasteiger partial charge in [0, 0.05) is 12.1 Å². The lowest BCUT2D eigenvalue weighted by Crippen LogP contribution is -2.31. The van der Waals surface area contributed by atoms with E-state index in [2.05, 4.69) is 12.2 Å². The van der Waals surface area contributed by atoms with Crippen molar-refractivity contribution in [2.75, 3.05) is 6.61 Å². The summed E-state index contributed by atoms with van der Waals surface area (Å²) >= 11 is 0. The van der Waals surface area contributed by atoms with Crippen molar-refractivity contribution < 1.29 is 9.53 Å². The van der Waals surface area contributed by atoms with Crippen LogP contribution in [0, 0.1) is 6.92 Å². The first kappa shape index (κ1) is 17.5. The summed E-state index contributed by atoms with van der Waals surface area (Å²) < 4.78 is 5.85. The minimum atomic E-state index is 0.0189. The van der Waals surface area contributed by atoms with Crippen molar-refractivity contribution in [3.8, 4) is 5.75 Å². The average Bonchev–Trinajstić information content (AvgIpc) is 2.40. The van der Waals surface area contributed by atoms with Gasteiger partial charge in [-0.25, -0.2) is 0 Å². The molecule has 118 valence electrons. The van der Waals surface area contributed by atoms with Crippen LogP contribution in [-0.2, 0) is 11.2 Å². The number of carbonyl (C=O) groups excluding carboxylic acids is 1. The molecule has 21 heavy (non-hydrogen) atoms. The number of carbonyl (C=O) groups is 1. The van der Waals surface area contributed by atoms with Crippen LogP contribution in [0.2, 0.25) is 0 Å². The number of hydrogen-bond acceptors (Lipinski definition) is 3. The van der Waals surface area contributed by atoms with E-state index in [1.54, 1.807) is 0 Å². The van der Waals surface area contributed by atoms with Gasteiger partial charge in [-0.15, -0.1) is 0 Å². The van der Waals surface area contributed by atoms with E-state index in [1.807, 2.05) is 39.0 Å². The molecule has 0 heterocycles. The molecule has 1 atom stereocenters. The molecule has 3 N–H and O–H groups in total. The number of benzene rings is 1. The van der Waals surface area contributed by atoms with Crippen LogP contribution in [0.3, 0.4) is 0 Å². The minimum absolute atomic E-state index is 0.0189. The van der Waals surface area contributed by atoms with Crippen LogP contribution in [0.4, 0.5) is 0 Å². The van der Waals surface area contributed by atoms with Crippen LogP contribution in [-0.4, -0.2) is 24.6 Å². The molecule has 1 unspecified atom stereocenters. The maximum atomic E-state index is 11.6. The first-order valence-corrected chi connectivity index (χ1v) is 7.70. The van der Waals surface area contributed by atoms with Crippen LogP contribution >= 0.6 is 0 Å². The number of rotatable bonds is 8. The minimum Gasteiger partial charge on any atom is -0.492 e. The Morgan fingerprint density at radius 2 is 2.10 bits per heavy atom. The maximum absolute atomic E-state index is 11.6. The molecule has 0 aliphatic rings. The van der Waals surface area contributed by atoms with Gasteiger partial charge >= 0.3 is 0 Å². The number of aryl methyl sites for hydroxylation is 1. The Bertz CT molecular complexity index is 458. The zero-order valence-corrected chi connectivity index (χ0v) is 13.6. The molecule has 0 saturated heterocycles. The molecule has 0 spiro atoms. The van der Waals surface area contributed by atoms with Crippen molar-refractivity contribution >= 4 is 5.91 Å². The van der Waals surface area contributed by atoms with E-state index in [-0.39, 0.29) is 18.0 Å². The molecule has 0 fully saturated rings. The molecule has 1 aromatic carbocycles. The monoisotopic (exact) mass is 292 g/mol. The summed E-state index contributed by atoms with van der Waals surface area (Å²) in [6.07, 6.45) is 2.10. The highest BCUT2D eigenvalue weighted by Gasteiger charge is 2.11. The van der Waals surface area contributed by atoms with Gasteiger partial charge in [-0.1, -0.05) is 25.1 Å². The van der Waals surface area contributed by atoms with Gasteiger partial charge in [-0.05, 0) is 44.7 Å². The van der Waals surface area contributed by atoms with E-state index >= 15 is 0 Å². The number of para-hydroxylation sites is 1. The number of hydrogen-bond donors (Lipinski definition) is 2. The van der Waals surface area contributed by atoms with Gasteiger partial charge in [0.1, 0.15) is 5.75 Å². The van der Waals surface area contributed by atoms with Crippen molar-refractivity contribution in [2.45, 2.75) is 59.0 Å². The topological polar surface area (TPSA) is 64.3 Å². The third-order valence-electron chi connectivity index (χ3n) is 3.33. The Kier molecular flexibility index (Phi) is 7.23. The molecule has 0 saturated carbocycles. The average molecular weight is 292 g/mol. The van der Waals surface area contributed by atoms with E-state index in [1.165, 1.54) is 0 Å². The largest absolute Gasteiger partial charge is 0.492 e. The summed E-state index contributed by atoms with van der Waals surface area (Å²) in [5.41, 5.74) is 8.24. The fourth-order valence-electron chi connectivity index (χ4n) is 2.15. The van der Waals surface area contributed by atoms with E-state index < -0.39 is 0 Å². The smallest absolute Gasteiger partial charge is 0.223 e. The van der Waals surface area contributed by atoms with Crippen LogP contribution in [0.25, 0.3) is 0 Å². The van der Waals surface area contributed by atoms with Gasteiger partial charge in [-0.2, -0.15) is 0 Å². The van der Waals surface area contributed by atoms with E-state index in [0.29, 0.717) is 13.0 Å². The van der Waals surface area contributed by atoms with Crippen LogP contribution in [0.1, 0.15) is 44.7 Å². The zero-order chi connectivity index (χ0) is 15.8. The van der Waals surface area contributed by atoms with Crippen molar-refractivity contribution in [3.63, 3.8) is 0 Å². The second kappa shape index (κ2) is 8.67. The number of nitrogens with two attached hydrogens (primary N) is 1. The summed E-state index contributed by atoms with van der Waals surface area (Å²) in [5, 5.41) is 2.86. The highest BCUT2D eigenvalue weighted by Crippen LogP contribution is 2.25. The van der Waals surface area contributed by atoms with Crippen LogP contribution < -0.4 is 15.8 Å². The molecule has 1 rings (SSSR count). The SMILES string of the molecule is CCC(N)Cc1cccc(C)c1OCCC(=O)NC(C)C. The third kappa shape index (κ3) is 6.17. The van der Waals surface area contributed by atoms with E-state index in [4.69, 9.17) is 10.5 Å². The lowest BCUT2D eigenvalue weighted by atomic mass is 10.0. The number of amides is 1. The predicted molar refractivity (Wildman–Crippen MR) is 86.5 cm³/mol. The summed E-state index contributed by atoms with van der Waals surface area (Å²) in [4.78, 5) is 11.6. The highest BCUT2D eigenvalue weighted by atomic mass is 16.5. The van der Waals surface area contributed by atoms with E-state index in [0.717, 1.165) is 29.7 Å². The fraction of sp³-hybridized carbons (Fsp3) is 0.588. The molecule has 0 aromatic heterocycles. The molecule has 0 aliphatic heterocycles. The molecule has 4 nitrogen and oxygen atoms in total. The molecule has 0 bridgehead atoms. The molecule has 1 amide bonds. The quantitative estimate of drug-likeness (QED) is 0.774. The second-order valence-corrected chi connectivity index (χ2v) is 5.76. The summed E-state index contributed by atoms with van der Waals surface area (Å²) in [5.74, 6) is 0.893. The fourth-order valence-corrected chi connectivity index (χ4v) is 2.15. The van der Waals surface area contributed by atoms with Crippen LogP contribution in [0.5, 0.6) is 5.75 Å². The van der Waals surface area contributed by atoms with Crippen molar-refractivity contribution in [1.29, 1.82) is 0 Å². The summed E-state index contributed by atoms with van der Waals surface area (Å²) in [6, 6.07) is 6.38. The predicted octanol–water partition coefficient (Wildman–Crippen LogP) is 2.57. The Morgan fingerprint density at radius 1 is 1.38 bits per heavy atom. The van der Waals surface area contributed by atoms with Gasteiger partial charge < -0.3 is 15.8 Å². The van der Waals surface area contributed by atoms with Gasteiger partial charge in [0.25, 0.3) is 0 Å².